The summed E-state index contributed by atoms with van der Waals surface area (Å²) in [5, 5.41) is 4.17. The molecule has 1 fully saturated rings. The summed E-state index contributed by atoms with van der Waals surface area (Å²) in [7, 11) is 1.57. The minimum atomic E-state index is -0.0706. The van der Waals surface area contributed by atoms with E-state index in [0.29, 0.717) is 18.0 Å². The molecule has 1 aliphatic rings. The summed E-state index contributed by atoms with van der Waals surface area (Å²) in [6.45, 7) is 1.37. The highest BCUT2D eigenvalue weighted by Gasteiger charge is 2.26. The first-order chi connectivity index (χ1) is 10.3. The third kappa shape index (κ3) is 2.86. The van der Waals surface area contributed by atoms with Gasteiger partial charge in [-0.25, -0.2) is 9.67 Å². The number of carbonyl (C=O) groups is 1. The number of amides is 1. The van der Waals surface area contributed by atoms with E-state index in [4.69, 9.17) is 4.74 Å². The Morgan fingerprint density at radius 2 is 2.38 bits per heavy atom. The molecule has 0 radical (unpaired) electrons. The molecule has 1 amide bonds. The molecule has 21 heavy (non-hydrogen) atoms. The molecule has 2 aromatic heterocycles. The highest BCUT2D eigenvalue weighted by molar-refractivity contribution is 5.92. The second kappa shape index (κ2) is 5.90. The Morgan fingerprint density at radius 3 is 3.14 bits per heavy atom. The fourth-order valence-corrected chi connectivity index (χ4v) is 2.58. The largest absolute Gasteiger partial charge is 0.497 e. The van der Waals surface area contributed by atoms with Crippen molar-refractivity contribution in [3.05, 3.63) is 36.7 Å². The summed E-state index contributed by atoms with van der Waals surface area (Å²) in [5.74, 6) is 0.567. The number of nitrogens with zero attached hydrogens (tertiary/aromatic N) is 5. The van der Waals surface area contributed by atoms with Crippen LogP contribution in [0.1, 0.15) is 29.4 Å². The minimum absolute atomic E-state index is 0.0706. The molecular formula is C14H17N5O2. The molecule has 0 spiro atoms. The van der Waals surface area contributed by atoms with E-state index >= 15 is 0 Å². The molecule has 0 bridgehead atoms. The molecule has 110 valence electrons. The monoisotopic (exact) mass is 287 g/mol. The van der Waals surface area contributed by atoms with Gasteiger partial charge in [-0.15, -0.1) is 0 Å². The van der Waals surface area contributed by atoms with Crippen LogP contribution in [0.4, 0.5) is 0 Å². The van der Waals surface area contributed by atoms with E-state index < -0.39 is 0 Å². The van der Waals surface area contributed by atoms with E-state index in [1.165, 1.54) is 6.33 Å². The van der Waals surface area contributed by atoms with Gasteiger partial charge in [-0.05, 0) is 18.9 Å². The normalized spacial score (nSPS) is 18.5. The van der Waals surface area contributed by atoms with E-state index in [0.717, 1.165) is 19.4 Å². The van der Waals surface area contributed by atoms with Crippen LogP contribution in [0.3, 0.4) is 0 Å². The first-order valence-electron chi connectivity index (χ1n) is 6.91. The summed E-state index contributed by atoms with van der Waals surface area (Å²) in [4.78, 5) is 22.5. The zero-order valence-electron chi connectivity index (χ0n) is 11.8. The standard InChI is InChI=1S/C14H17N5O2/c1-21-12-4-5-16-13(7-12)14(20)18-6-2-3-11(8-18)19-10-15-9-17-19/h4-5,7,9-11H,2-3,6,8H2,1H3/t11-/m0/s1. The molecule has 3 heterocycles. The van der Waals surface area contributed by atoms with E-state index in [-0.39, 0.29) is 11.9 Å². The molecule has 1 saturated heterocycles. The predicted octanol–water partition coefficient (Wildman–Crippen LogP) is 1.16. The van der Waals surface area contributed by atoms with Gasteiger partial charge in [-0.3, -0.25) is 9.78 Å². The fourth-order valence-electron chi connectivity index (χ4n) is 2.58. The maximum absolute atomic E-state index is 12.5. The van der Waals surface area contributed by atoms with E-state index in [9.17, 15) is 4.79 Å². The van der Waals surface area contributed by atoms with Gasteiger partial charge in [-0.1, -0.05) is 0 Å². The number of pyridine rings is 1. The Morgan fingerprint density at radius 1 is 1.48 bits per heavy atom. The molecule has 7 nitrogen and oxygen atoms in total. The summed E-state index contributed by atoms with van der Waals surface area (Å²) < 4.78 is 6.96. The predicted molar refractivity (Wildman–Crippen MR) is 75.0 cm³/mol. The molecule has 0 aliphatic carbocycles. The van der Waals surface area contributed by atoms with E-state index in [2.05, 4.69) is 15.1 Å². The van der Waals surface area contributed by atoms with Gasteiger partial charge in [0.2, 0.25) is 0 Å². The van der Waals surface area contributed by atoms with Gasteiger partial charge >= 0.3 is 0 Å². The molecule has 1 aliphatic heterocycles. The highest BCUT2D eigenvalue weighted by Crippen LogP contribution is 2.22. The number of rotatable bonds is 3. The van der Waals surface area contributed by atoms with Crippen LogP contribution < -0.4 is 4.74 Å². The first-order valence-corrected chi connectivity index (χ1v) is 6.91. The van der Waals surface area contributed by atoms with Crippen LogP contribution in [0.15, 0.2) is 31.0 Å². The van der Waals surface area contributed by atoms with Crippen molar-refractivity contribution < 1.29 is 9.53 Å². The molecule has 0 saturated carbocycles. The maximum Gasteiger partial charge on any atom is 0.272 e. The number of piperidine rings is 1. The number of hydrogen-bond acceptors (Lipinski definition) is 5. The van der Waals surface area contributed by atoms with Crippen molar-refractivity contribution in [3.63, 3.8) is 0 Å². The Hall–Kier alpha value is -2.44. The molecule has 0 unspecified atom stereocenters. The van der Waals surface area contributed by atoms with Gasteiger partial charge in [0, 0.05) is 25.4 Å². The fraction of sp³-hybridized carbons (Fsp3) is 0.429. The number of methoxy groups -OCH3 is 1. The summed E-state index contributed by atoms with van der Waals surface area (Å²) in [6.07, 6.45) is 6.75. The van der Waals surface area contributed by atoms with Crippen LogP contribution in [0.25, 0.3) is 0 Å². The molecule has 0 N–H and O–H groups in total. The zero-order valence-corrected chi connectivity index (χ0v) is 11.8. The summed E-state index contributed by atoms with van der Waals surface area (Å²) >= 11 is 0. The topological polar surface area (TPSA) is 73.1 Å². The number of ether oxygens (including phenoxy) is 1. The van der Waals surface area contributed by atoms with Crippen LogP contribution in [0.2, 0.25) is 0 Å². The van der Waals surface area contributed by atoms with Gasteiger partial charge in [0.15, 0.2) is 0 Å². The average Bonchev–Trinajstić information content (AvgIpc) is 3.09. The van der Waals surface area contributed by atoms with Crippen molar-refractivity contribution in [2.45, 2.75) is 18.9 Å². The third-order valence-electron chi connectivity index (χ3n) is 3.68. The Balaban J connectivity index is 1.74. The number of aromatic nitrogens is 4. The van der Waals surface area contributed by atoms with Gasteiger partial charge < -0.3 is 9.64 Å². The van der Waals surface area contributed by atoms with E-state index in [1.54, 1.807) is 31.8 Å². The maximum atomic E-state index is 12.5. The smallest absolute Gasteiger partial charge is 0.272 e. The Bertz CT molecular complexity index is 614. The van der Waals surface area contributed by atoms with Crippen molar-refractivity contribution in [2.24, 2.45) is 0 Å². The quantitative estimate of drug-likeness (QED) is 0.847. The van der Waals surface area contributed by atoms with Crippen molar-refractivity contribution in [3.8, 4) is 5.75 Å². The van der Waals surface area contributed by atoms with Gasteiger partial charge in [0.25, 0.3) is 5.91 Å². The van der Waals surface area contributed by atoms with Gasteiger partial charge in [0.1, 0.15) is 24.1 Å². The number of carbonyl (C=O) groups excluding carboxylic acids is 1. The lowest BCUT2D eigenvalue weighted by Gasteiger charge is -2.32. The van der Waals surface area contributed by atoms with Crippen LogP contribution in [-0.2, 0) is 0 Å². The Labute approximate surface area is 122 Å². The molecular weight excluding hydrogens is 270 g/mol. The van der Waals surface area contributed by atoms with Gasteiger partial charge in [0.05, 0.1) is 13.2 Å². The van der Waals surface area contributed by atoms with Crippen molar-refractivity contribution >= 4 is 5.91 Å². The van der Waals surface area contributed by atoms with Crippen LogP contribution in [0.5, 0.6) is 5.75 Å². The second-order valence-electron chi connectivity index (χ2n) is 5.00. The van der Waals surface area contributed by atoms with Crippen LogP contribution >= 0.6 is 0 Å². The molecule has 1 atom stereocenters. The highest BCUT2D eigenvalue weighted by atomic mass is 16.5. The van der Waals surface area contributed by atoms with E-state index in [1.807, 2.05) is 9.58 Å². The van der Waals surface area contributed by atoms with Crippen molar-refractivity contribution in [2.75, 3.05) is 20.2 Å². The molecule has 2 aromatic rings. The Kier molecular flexibility index (Phi) is 3.81. The van der Waals surface area contributed by atoms with Gasteiger partial charge in [-0.2, -0.15) is 5.10 Å². The third-order valence-corrected chi connectivity index (χ3v) is 3.68. The van der Waals surface area contributed by atoms with Crippen molar-refractivity contribution in [1.82, 2.24) is 24.6 Å². The molecule has 7 heteroatoms. The second-order valence-corrected chi connectivity index (χ2v) is 5.00. The van der Waals surface area contributed by atoms with Crippen LogP contribution in [-0.4, -0.2) is 50.8 Å². The van der Waals surface area contributed by atoms with Crippen molar-refractivity contribution in [1.29, 1.82) is 0 Å². The zero-order chi connectivity index (χ0) is 14.7. The minimum Gasteiger partial charge on any atom is -0.497 e. The summed E-state index contributed by atoms with van der Waals surface area (Å²) in [6, 6.07) is 3.57. The molecule has 3 rings (SSSR count). The number of likely N-dealkylation sites (tertiary alicyclic amines) is 1. The lowest BCUT2D eigenvalue weighted by Crippen LogP contribution is -2.41. The lowest BCUT2D eigenvalue weighted by molar-refractivity contribution is 0.0666. The van der Waals surface area contributed by atoms with Crippen LogP contribution in [0, 0.1) is 0 Å². The molecule has 0 aromatic carbocycles. The SMILES string of the molecule is COc1ccnc(C(=O)N2CCC[C@H](n3cncn3)C2)c1. The number of hydrogen-bond donors (Lipinski definition) is 0. The average molecular weight is 287 g/mol. The first kappa shape index (κ1) is 13.5. The summed E-state index contributed by atoms with van der Waals surface area (Å²) in [5.41, 5.74) is 0.411. The lowest BCUT2D eigenvalue weighted by atomic mass is 10.1.